The molecular weight excluding hydrogens is 278 g/mol. The Hall–Kier alpha value is -1.60. The number of thioether (sulfide) groups is 1. The molecule has 3 heterocycles. The third-order valence-corrected chi connectivity index (χ3v) is 4.19. The van der Waals surface area contributed by atoms with Gasteiger partial charge < -0.3 is 9.88 Å². The summed E-state index contributed by atoms with van der Waals surface area (Å²) in [6.07, 6.45) is 1.79. The maximum atomic E-state index is 4.50. The van der Waals surface area contributed by atoms with Crippen LogP contribution in [0.2, 0.25) is 0 Å². The van der Waals surface area contributed by atoms with Crippen LogP contribution < -0.4 is 4.90 Å². The van der Waals surface area contributed by atoms with Gasteiger partial charge in [0.05, 0.1) is 11.3 Å². The molecule has 3 aromatic heterocycles. The first-order valence-corrected chi connectivity index (χ1v) is 7.69. The zero-order valence-corrected chi connectivity index (χ0v) is 12.3. The fraction of sp³-hybridized carbons (Fsp3) is 0.250. The number of H-pyrrole nitrogens is 1. The minimum absolute atomic E-state index is 0.710. The van der Waals surface area contributed by atoms with Crippen molar-refractivity contribution in [3.63, 3.8) is 0 Å². The zero-order chi connectivity index (χ0) is 13.2. The predicted molar refractivity (Wildman–Crippen MR) is 79.9 cm³/mol. The molecule has 19 heavy (non-hydrogen) atoms. The predicted octanol–water partition coefficient (Wildman–Crippen LogP) is 2.77. The molecule has 0 aliphatic carbocycles. The lowest BCUT2D eigenvalue weighted by molar-refractivity contribution is 0.973. The van der Waals surface area contributed by atoms with Gasteiger partial charge in [-0.3, -0.25) is 0 Å². The lowest BCUT2D eigenvalue weighted by Crippen LogP contribution is -2.11. The van der Waals surface area contributed by atoms with Crippen molar-refractivity contribution >= 4 is 39.9 Å². The summed E-state index contributed by atoms with van der Waals surface area (Å²) in [6.45, 7) is 0. The molecule has 0 fully saturated rings. The Morgan fingerprint density at radius 1 is 1.32 bits per heavy atom. The normalized spacial score (nSPS) is 11.1. The first kappa shape index (κ1) is 12.4. The fourth-order valence-corrected chi connectivity index (χ4v) is 3.07. The number of rotatable bonds is 4. The van der Waals surface area contributed by atoms with Crippen LogP contribution >= 0.6 is 23.1 Å². The molecule has 1 N–H and O–H groups in total. The Kier molecular flexibility index (Phi) is 3.39. The first-order chi connectivity index (χ1) is 9.22. The highest BCUT2D eigenvalue weighted by molar-refractivity contribution is 7.98. The van der Waals surface area contributed by atoms with E-state index >= 15 is 0 Å². The van der Waals surface area contributed by atoms with Gasteiger partial charge in [-0.2, -0.15) is 0 Å². The van der Waals surface area contributed by atoms with Crippen molar-refractivity contribution in [1.29, 1.82) is 0 Å². The lowest BCUT2D eigenvalue weighted by atomic mass is 10.5. The standard InChI is InChI=1S/C12H13N5S2/c1-17(2)11-3-4-13-10(16-11)7-19-12-14-8-5-18-6-9(8)15-12/h3-6H,7H2,1-2H3,(H,14,15). The molecule has 0 atom stereocenters. The van der Waals surface area contributed by atoms with Gasteiger partial charge in [0.2, 0.25) is 0 Å². The highest BCUT2D eigenvalue weighted by Gasteiger charge is 2.06. The second-order valence-electron chi connectivity index (χ2n) is 4.23. The molecular formula is C12H13N5S2. The average molecular weight is 291 g/mol. The fourth-order valence-electron chi connectivity index (χ4n) is 1.63. The van der Waals surface area contributed by atoms with Crippen LogP contribution in [0, 0.1) is 0 Å². The number of thiophene rings is 1. The number of nitrogens with zero attached hydrogens (tertiary/aromatic N) is 4. The molecule has 5 nitrogen and oxygen atoms in total. The summed E-state index contributed by atoms with van der Waals surface area (Å²) in [4.78, 5) is 18.5. The number of fused-ring (bicyclic) bond motifs is 1. The monoisotopic (exact) mass is 291 g/mol. The zero-order valence-electron chi connectivity index (χ0n) is 10.6. The van der Waals surface area contributed by atoms with Crippen LogP contribution in [0.25, 0.3) is 11.0 Å². The Morgan fingerprint density at radius 3 is 3.00 bits per heavy atom. The Balaban J connectivity index is 1.71. The van der Waals surface area contributed by atoms with E-state index in [0.29, 0.717) is 5.75 Å². The minimum atomic E-state index is 0.710. The molecule has 0 aliphatic rings. The summed E-state index contributed by atoms with van der Waals surface area (Å²) < 4.78 is 0. The van der Waals surface area contributed by atoms with Crippen molar-refractivity contribution in [3.8, 4) is 0 Å². The molecule has 0 saturated heterocycles. The number of imidazole rings is 1. The molecule has 3 rings (SSSR count). The molecule has 0 bridgehead atoms. The van der Waals surface area contributed by atoms with Gasteiger partial charge in [0.25, 0.3) is 0 Å². The van der Waals surface area contributed by atoms with Gasteiger partial charge in [-0.15, -0.1) is 11.3 Å². The third-order valence-electron chi connectivity index (χ3n) is 2.59. The van der Waals surface area contributed by atoms with E-state index in [2.05, 4.69) is 25.3 Å². The van der Waals surface area contributed by atoms with Crippen LogP contribution in [0.3, 0.4) is 0 Å². The van der Waals surface area contributed by atoms with Crippen LogP contribution in [-0.4, -0.2) is 34.0 Å². The van der Waals surface area contributed by atoms with Gasteiger partial charge in [-0.05, 0) is 6.07 Å². The van der Waals surface area contributed by atoms with E-state index < -0.39 is 0 Å². The van der Waals surface area contributed by atoms with Crippen LogP contribution in [0.4, 0.5) is 5.82 Å². The molecule has 0 radical (unpaired) electrons. The number of hydrogen-bond acceptors (Lipinski definition) is 6. The van der Waals surface area contributed by atoms with E-state index in [-0.39, 0.29) is 0 Å². The Labute approximate surface area is 119 Å². The van der Waals surface area contributed by atoms with E-state index in [4.69, 9.17) is 0 Å². The van der Waals surface area contributed by atoms with Crippen molar-refractivity contribution in [1.82, 2.24) is 19.9 Å². The van der Waals surface area contributed by atoms with E-state index in [0.717, 1.165) is 27.8 Å². The number of anilines is 1. The quantitative estimate of drug-likeness (QED) is 0.749. The summed E-state index contributed by atoms with van der Waals surface area (Å²) in [6, 6.07) is 1.90. The highest BCUT2D eigenvalue weighted by Crippen LogP contribution is 2.24. The van der Waals surface area contributed by atoms with Gasteiger partial charge in [-0.25, -0.2) is 15.0 Å². The lowest BCUT2D eigenvalue weighted by Gasteiger charge is -2.11. The van der Waals surface area contributed by atoms with Crippen LogP contribution in [0.1, 0.15) is 5.82 Å². The largest absolute Gasteiger partial charge is 0.363 e. The first-order valence-electron chi connectivity index (χ1n) is 5.76. The van der Waals surface area contributed by atoms with Crippen LogP contribution in [-0.2, 0) is 5.75 Å². The SMILES string of the molecule is CN(C)c1ccnc(CSc2nc3cscc3[nH]2)n1. The van der Waals surface area contributed by atoms with Crippen LogP contribution in [0.15, 0.2) is 28.2 Å². The van der Waals surface area contributed by atoms with Gasteiger partial charge in [0, 0.05) is 31.1 Å². The van der Waals surface area contributed by atoms with Gasteiger partial charge in [0.1, 0.15) is 17.2 Å². The van der Waals surface area contributed by atoms with E-state index in [1.807, 2.05) is 30.4 Å². The minimum Gasteiger partial charge on any atom is -0.363 e. The number of aromatic nitrogens is 4. The Bertz CT molecular complexity index is 660. The van der Waals surface area contributed by atoms with E-state index in [9.17, 15) is 0 Å². The number of nitrogens with one attached hydrogen (secondary N) is 1. The summed E-state index contributed by atoms with van der Waals surface area (Å²) in [5, 5.41) is 5.02. The van der Waals surface area contributed by atoms with E-state index in [1.165, 1.54) is 0 Å². The summed E-state index contributed by atoms with van der Waals surface area (Å²) in [5.41, 5.74) is 2.12. The molecule has 3 aromatic rings. The molecule has 98 valence electrons. The van der Waals surface area contributed by atoms with Gasteiger partial charge in [0.15, 0.2) is 5.16 Å². The molecule has 0 spiro atoms. The molecule has 0 unspecified atom stereocenters. The van der Waals surface area contributed by atoms with Crippen molar-refractivity contribution in [2.45, 2.75) is 10.9 Å². The molecule has 0 saturated carbocycles. The van der Waals surface area contributed by atoms with Gasteiger partial charge >= 0.3 is 0 Å². The van der Waals surface area contributed by atoms with Crippen molar-refractivity contribution in [2.75, 3.05) is 19.0 Å². The molecule has 0 amide bonds. The van der Waals surface area contributed by atoms with Crippen molar-refractivity contribution < 1.29 is 0 Å². The number of hydrogen-bond donors (Lipinski definition) is 1. The van der Waals surface area contributed by atoms with Crippen LogP contribution in [0.5, 0.6) is 0 Å². The topological polar surface area (TPSA) is 57.7 Å². The second-order valence-corrected chi connectivity index (χ2v) is 5.93. The van der Waals surface area contributed by atoms with Crippen molar-refractivity contribution in [2.24, 2.45) is 0 Å². The molecule has 0 aromatic carbocycles. The average Bonchev–Trinajstić information content (AvgIpc) is 2.97. The highest BCUT2D eigenvalue weighted by atomic mass is 32.2. The molecule has 0 aliphatic heterocycles. The smallest absolute Gasteiger partial charge is 0.166 e. The number of aromatic amines is 1. The summed E-state index contributed by atoms with van der Waals surface area (Å²) in [5.74, 6) is 2.45. The maximum Gasteiger partial charge on any atom is 0.166 e. The summed E-state index contributed by atoms with van der Waals surface area (Å²) in [7, 11) is 3.94. The maximum absolute atomic E-state index is 4.50. The Morgan fingerprint density at radius 2 is 2.21 bits per heavy atom. The van der Waals surface area contributed by atoms with Gasteiger partial charge in [-0.1, -0.05) is 11.8 Å². The third kappa shape index (κ3) is 2.71. The second kappa shape index (κ2) is 5.18. The molecule has 7 heteroatoms. The van der Waals surface area contributed by atoms with E-state index in [1.54, 1.807) is 29.3 Å². The summed E-state index contributed by atoms with van der Waals surface area (Å²) >= 11 is 3.27. The van der Waals surface area contributed by atoms with Crippen molar-refractivity contribution in [3.05, 3.63) is 28.8 Å².